The van der Waals surface area contributed by atoms with Crippen molar-refractivity contribution in [3.05, 3.63) is 23.8 Å². The van der Waals surface area contributed by atoms with Crippen molar-refractivity contribution in [2.24, 2.45) is 0 Å². The zero-order chi connectivity index (χ0) is 12.3. The smallest absolute Gasteiger partial charge is 0.239 e. The second-order valence-corrected chi connectivity index (χ2v) is 5.76. The summed E-state index contributed by atoms with van der Waals surface area (Å²) in [5.74, 6) is -1.04. The fraction of sp³-hybridized carbons (Fsp3) is 0.300. The van der Waals surface area contributed by atoms with Gasteiger partial charge in [0.25, 0.3) is 0 Å². The molecule has 0 spiro atoms. The van der Waals surface area contributed by atoms with Gasteiger partial charge in [-0.15, -0.1) is 0 Å². The van der Waals surface area contributed by atoms with E-state index in [4.69, 9.17) is 5.11 Å². The molecule has 1 aromatic rings. The van der Waals surface area contributed by atoms with E-state index in [1.807, 2.05) is 0 Å². The van der Waals surface area contributed by atoms with Gasteiger partial charge < -0.3 is 10.4 Å². The highest BCUT2D eigenvalue weighted by Crippen LogP contribution is 2.19. The van der Waals surface area contributed by atoms with Crippen molar-refractivity contribution in [3.63, 3.8) is 0 Å². The molecule has 0 aliphatic rings. The average Bonchev–Trinajstić information content (AvgIpc) is 2.06. The van der Waals surface area contributed by atoms with E-state index in [1.165, 1.54) is 18.2 Å². The SMILES string of the molecule is Cc1cc(O)ccc1NC(=O)CS(C)(=O)=O. The van der Waals surface area contributed by atoms with Crippen molar-refractivity contribution in [2.75, 3.05) is 17.3 Å². The predicted molar refractivity (Wildman–Crippen MR) is 61.2 cm³/mol. The lowest BCUT2D eigenvalue weighted by Crippen LogP contribution is -2.22. The lowest BCUT2D eigenvalue weighted by molar-refractivity contribution is -0.113. The highest BCUT2D eigenvalue weighted by molar-refractivity contribution is 7.91. The summed E-state index contributed by atoms with van der Waals surface area (Å²) in [7, 11) is -3.33. The second-order valence-electron chi connectivity index (χ2n) is 3.62. The largest absolute Gasteiger partial charge is 0.508 e. The van der Waals surface area contributed by atoms with Crippen LogP contribution in [0.2, 0.25) is 0 Å². The molecule has 0 aliphatic carbocycles. The fourth-order valence-electron chi connectivity index (χ4n) is 1.21. The number of hydrogen-bond donors (Lipinski definition) is 2. The van der Waals surface area contributed by atoms with E-state index in [1.54, 1.807) is 6.92 Å². The van der Waals surface area contributed by atoms with E-state index < -0.39 is 21.5 Å². The Labute approximate surface area is 94.0 Å². The van der Waals surface area contributed by atoms with Gasteiger partial charge in [0.1, 0.15) is 11.5 Å². The molecule has 1 aromatic carbocycles. The molecule has 0 radical (unpaired) electrons. The van der Waals surface area contributed by atoms with Crippen LogP contribution in [0.3, 0.4) is 0 Å². The van der Waals surface area contributed by atoms with E-state index in [2.05, 4.69) is 5.32 Å². The molecule has 0 saturated carbocycles. The first-order valence-electron chi connectivity index (χ1n) is 4.55. The minimum Gasteiger partial charge on any atom is -0.508 e. The first kappa shape index (κ1) is 12.5. The van der Waals surface area contributed by atoms with Gasteiger partial charge in [-0.05, 0) is 30.7 Å². The summed E-state index contributed by atoms with van der Waals surface area (Å²) < 4.78 is 21.7. The zero-order valence-corrected chi connectivity index (χ0v) is 9.84. The highest BCUT2D eigenvalue weighted by atomic mass is 32.2. The molecule has 0 fully saturated rings. The molecule has 0 atom stereocenters. The summed E-state index contributed by atoms with van der Waals surface area (Å²) in [6.07, 6.45) is 0.996. The third-order valence-corrected chi connectivity index (χ3v) is 2.66. The van der Waals surface area contributed by atoms with Crippen LogP contribution in [0, 0.1) is 6.92 Å². The van der Waals surface area contributed by atoms with Gasteiger partial charge in [-0.1, -0.05) is 0 Å². The summed E-state index contributed by atoms with van der Waals surface area (Å²) in [4.78, 5) is 11.3. The van der Waals surface area contributed by atoms with E-state index in [0.29, 0.717) is 11.3 Å². The third kappa shape index (κ3) is 3.90. The number of phenols is 1. The maximum Gasteiger partial charge on any atom is 0.239 e. The molecule has 0 saturated heterocycles. The van der Waals surface area contributed by atoms with Crippen LogP contribution in [0.1, 0.15) is 5.56 Å². The monoisotopic (exact) mass is 243 g/mol. The van der Waals surface area contributed by atoms with E-state index in [9.17, 15) is 13.2 Å². The van der Waals surface area contributed by atoms with Crippen molar-refractivity contribution < 1.29 is 18.3 Å². The highest BCUT2D eigenvalue weighted by Gasteiger charge is 2.11. The standard InChI is InChI=1S/C10H13NO4S/c1-7-5-8(12)3-4-9(7)11-10(13)6-16(2,14)15/h3-5,12H,6H2,1-2H3,(H,11,13). The molecular weight excluding hydrogens is 230 g/mol. The van der Waals surface area contributed by atoms with Gasteiger partial charge in [0.15, 0.2) is 9.84 Å². The summed E-state index contributed by atoms with van der Waals surface area (Å²) in [6.45, 7) is 1.70. The Morgan fingerprint density at radius 1 is 1.44 bits per heavy atom. The Morgan fingerprint density at radius 2 is 2.06 bits per heavy atom. The quantitative estimate of drug-likeness (QED) is 0.765. The van der Waals surface area contributed by atoms with Crippen LogP contribution in [-0.4, -0.2) is 31.4 Å². The van der Waals surface area contributed by atoms with Crippen LogP contribution in [0.5, 0.6) is 5.75 Å². The van der Waals surface area contributed by atoms with Crippen molar-refractivity contribution in [3.8, 4) is 5.75 Å². The Kier molecular flexibility index (Phi) is 3.54. The Balaban J connectivity index is 2.78. The minimum atomic E-state index is -3.33. The van der Waals surface area contributed by atoms with Gasteiger partial charge in [-0.3, -0.25) is 4.79 Å². The second kappa shape index (κ2) is 4.52. The summed E-state index contributed by atoms with van der Waals surface area (Å²) in [5, 5.41) is 11.6. The number of nitrogens with one attached hydrogen (secondary N) is 1. The lowest BCUT2D eigenvalue weighted by atomic mass is 10.2. The molecule has 0 bridgehead atoms. The molecule has 0 aliphatic heterocycles. The van der Waals surface area contributed by atoms with Gasteiger partial charge in [0, 0.05) is 11.9 Å². The van der Waals surface area contributed by atoms with Crippen LogP contribution >= 0.6 is 0 Å². The van der Waals surface area contributed by atoms with Gasteiger partial charge in [0.2, 0.25) is 5.91 Å². The summed E-state index contributed by atoms with van der Waals surface area (Å²) in [5.41, 5.74) is 1.16. The van der Waals surface area contributed by atoms with Gasteiger partial charge in [-0.25, -0.2) is 8.42 Å². The van der Waals surface area contributed by atoms with Gasteiger partial charge >= 0.3 is 0 Å². The maximum absolute atomic E-state index is 11.3. The lowest BCUT2D eigenvalue weighted by Gasteiger charge is -2.07. The van der Waals surface area contributed by atoms with E-state index >= 15 is 0 Å². The molecule has 5 nitrogen and oxygen atoms in total. The van der Waals surface area contributed by atoms with Gasteiger partial charge in [-0.2, -0.15) is 0 Å². The molecule has 16 heavy (non-hydrogen) atoms. The summed E-state index contributed by atoms with van der Waals surface area (Å²) in [6, 6.07) is 4.42. The number of aryl methyl sites for hydroxylation is 1. The van der Waals surface area contributed by atoms with Crippen LogP contribution in [0.25, 0.3) is 0 Å². The van der Waals surface area contributed by atoms with Crippen molar-refractivity contribution >= 4 is 21.4 Å². The van der Waals surface area contributed by atoms with Crippen LogP contribution < -0.4 is 5.32 Å². The number of carbonyl (C=O) groups excluding carboxylic acids is 1. The van der Waals surface area contributed by atoms with E-state index in [-0.39, 0.29) is 5.75 Å². The van der Waals surface area contributed by atoms with Crippen molar-refractivity contribution in [2.45, 2.75) is 6.92 Å². The topological polar surface area (TPSA) is 83.5 Å². The third-order valence-electron chi connectivity index (χ3n) is 1.88. The normalized spacial score (nSPS) is 11.1. The first-order chi connectivity index (χ1) is 7.28. The molecule has 0 heterocycles. The number of anilines is 1. The minimum absolute atomic E-state index is 0.0959. The number of benzene rings is 1. The zero-order valence-electron chi connectivity index (χ0n) is 9.02. The van der Waals surface area contributed by atoms with Crippen LogP contribution in [0.4, 0.5) is 5.69 Å². The Bertz CT molecular complexity index is 508. The fourth-order valence-corrected chi connectivity index (χ4v) is 1.76. The van der Waals surface area contributed by atoms with E-state index in [0.717, 1.165) is 6.26 Å². The number of sulfone groups is 1. The molecule has 1 amide bonds. The Hall–Kier alpha value is -1.56. The van der Waals surface area contributed by atoms with Crippen molar-refractivity contribution in [1.82, 2.24) is 0 Å². The molecular formula is C10H13NO4S. The number of amides is 1. The molecule has 6 heteroatoms. The number of carbonyl (C=O) groups is 1. The maximum atomic E-state index is 11.3. The molecule has 1 rings (SSSR count). The van der Waals surface area contributed by atoms with Crippen molar-refractivity contribution in [1.29, 1.82) is 0 Å². The number of hydrogen-bond acceptors (Lipinski definition) is 4. The predicted octanol–water partition coefficient (Wildman–Crippen LogP) is 0.684. The average molecular weight is 243 g/mol. The summed E-state index contributed by atoms with van der Waals surface area (Å²) >= 11 is 0. The number of aromatic hydroxyl groups is 1. The van der Waals surface area contributed by atoms with Crippen LogP contribution in [0.15, 0.2) is 18.2 Å². The van der Waals surface area contributed by atoms with Gasteiger partial charge in [0.05, 0.1) is 0 Å². The Morgan fingerprint density at radius 3 is 2.56 bits per heavy atom. The number of phenolic OH excluding ortho intramolecular Hbond substituents is 1. The molecule has 0 unspecified atom stereocenters. The molecule has 88 valence electrons. The first-order valence-corrected chi connectivity index (χ1v) is 6.61. The molecule has 0 aromatic heterocycles. The number of rotatable bonds is 3. The van der Waals surface area contributed by atoms with Crippen LogP contribution in [-0.2, 0) is 14.6 Å². The molecule has 2 N–H and O–H groups in total.